The van der Waals surface area contributed by atoms with Gasteiger partial charge in [-0.05, 0) is 59.7 Å². The van der Waals surface area contributed by atoms with Gasteiger partial charge in [0.25, 0.3) is 0 Å². The van der Waals surface area contributed by atoms with Gasteiger partial charge in [0.05, 0.1) is 6.54 Å². The van der Waals surface area contributed by atoms with Crippen LogP contribution in [-0.2, 0) is 22.6 Å². The van der Waals surface area contributed by atoms with Crippen molar-refractivity contribution >= 4 is 35.0 Å². The van der Waals surface area contributed by atoms with Crippen LogP contribution in [0.15, 0.2) is 72.8 Å². The quantitative estimate of drug-likeness (QED) is 0.454. The van der Waals surface area contributed by atoms with Gasteiger partial charge in [-0.15, -0.1) is 12.4 Å². The van der Waals surface area contributed by atoms with E-state index in [-0.39, 0.29) is 29.6 Å². The first-order valence-corrected chi connectivity index (χ1v) is 14.0. The third-order valence-corrected chi connectivity index (χ3v) is 8.46. The maximum absolute atomic E-state index is 13.0. The minimum atomic E-state index is 0. The maximum atomic E-state index is 13.0. The fourth-order valence-electron chi connectivity index (χ4n) is 6.06. The molecular formula is C32H41ClN4O2. The number of fused-ring (bicyclic) bond motifs is 1. The second-order valence-electron chi connectivity index (χ2n) is 11.1. The van der Waals surface area contributed by atoms with Gasteiger partial charge in [-0.1, -0.05) is 72.8 Å². The normalized spacial score (nSPS) is 17.9. The molecule has 2 aliphatic rings. The first kappa shape index (κ1) is 29.1. The molecule has 2 heterocycles. The molecule has 0 atom stereocenters. The van der Waals surface area contributed by atoms with E-state index in [0.29, 0.717) is 26.2 Å². The van der Waals surface area contributed by atoms with Gasteiger partial charge in [0.2, 0.25) is 11.8 Å². The van der Waals surface area contributed by atoms with Crippen molar-refractivity contribution < 1.29 is 9.59 Å². The van der Waals surface area contributed by atoms with Gasteiger partial charge in [0.1, 0.15) is 0 Å². The molecule has 0 spiro atoms. The van der Waals surface area contributed by atoms with Crippen LogP contribution in [0.2, 0.25) is 0 Å². The topological polar surface area (TPSA) is 55.9 Å². The van der Waals surface area contributed by atoms with Crippen molar-refractivity contribution in [2.45, 2.75) is 32.7 Å². The predicted molar refractivity (Wildman–Crippen MR) is 160 cm³/mol. The highest BCUT2D eigenvalue weighted by Crippen LogP contribution is 2.37. The summed E-state index contributed by atoms with van der Waals surface area (Å²) >= 11 is 0. The molecule has 3 aromatic carbocycles. The Kier molecular flexibility index (Phi) is 10.0. The second-order valence-corrected chi connectivity index (χ2v) is 11.1. The van der Waals surface area contributed by atoms with Crippen molar-refractivity contribution in [3.63, 3.8) is 0 Å². The van der Waals surface area contributed by atoms with Gasteiger partial charge < -0.3 is 10.2 Å². The van der Waals surface area contributed by atoms with Crippen LogP contribution < -0.4 is 5.32 Å². The first-order chi connectivity index (χ1) is 18.5. The first-order valence-electron chi connectivity index (χ1n) is 14.0. The number of carbonyl (C=O) groups excluding carboxylic acids is 2. The van der Waals surface area contributed by atoms with Crippen LogP contribution in [0, 0.1) is 5.41 Å². The van der Waals surface area contributed by atoms with E-state index in [1.807, 2.05) is 4.90 Å². The fourth-order valence-corrected chi connectivity index (χ4v) is 6.06. The standard InChI is InChI=1S/C32H40N4O2.ClH/c1-26(37)36-20-18-35(19-21-36)24-31(38)33-25-32(22-29-12-7-11-28-10-5-6-13-30(28)29)14-16-34(17-15-32)23-27-8-3-2-4-9-27;/h2-13H,14-25H2,1H3,(H,33,38);1H. The van der Waals surface area contributed by atoms with Crippen molar-refractivity contribution in [3.8, 4) is 0 Å². The predicted octanol–water partition coefficient (Wildman–Crippen LogP) is 4.37. The largest absolute Gasteiger partial charge is 0.354 e. The molecule has 39 heavy (non-hydrogen) atoms. The molecule has 208 valence electrons. The Hall–Kier alpha value is -2.93. The molecule has 0 aromatic heterocycles. The lowest BCUT2D eigenvalue weighted by Crippen LogP contribution is -2.52. The highest BCUT2D eigenvalue weighted by Gasteiger charge is 2.35. The molecule has 2 amide bonds. The van der Waals surface area contributed by atoms with Gasteiger partial charge in [0.15, 0.2) is 0 Å². The van der Waals surface area contributed by atoms with Crippen LogP contribution in [0.5, 0.6) is 0 Å². The van der Waals surface area contributed by atoms with Gasteiger partial charge in [0, 0.05) is 46.2 Å². The molecule has 0 aliphatic carbocycles. The Bertz CT molecular complexity index is 1230. The molecule has 2 saturated heterocycles. The van der Waals surface area contributed by atoms with E-state index >= 15 is 0 Å². The zero-order valence-corrected chi connectivity index (χ0v) is 23.8. The number of benzene rings is 3. The Morgan fingerprint density at radius 3 is 2.18 bits per heavy atom. The summed E-state index contributed by atoms with van der Waals surface area (Å²) in [6.45, 7) is 8.65. The lowest BCUT2D eigenvalue weighted by molar-refractivity contribution is -0.131. The van der Waals surface area contributed by atoms with Crippen molar-refractivity contribution in [2.75, 3.05) is 52.4 Å². The van der Waals surface area contributed by atoms with Gasteiger partial charge in [-0.25, -0.2) is 0 Å². The van der Waals surface area contributed by atoms with Crippen molar-refractivity contribution in [3.05, 3.63) is 83.9 Å². The zero-order chi connectivity index (χ0) is 26.4. The molecule has 3 aromatic rings. The smallest absolute Gasteiger partial charge is 0.234 e. The van der Waals surface area contributed by atoms with Crippen molar-refractivity contribution in [1.82, 2.24) is 20.0 Å². The molecular weight excluding hydrogens is 508 g/mol. The number of nitrogens with one attached hydrogen (secondary N) is 1. The number of hydrogen-bond donors (Lipinski definition) is 1. The number of nitrogens with zero attached hydrogens (tertiary/aromatic N) is 3. The van der Waals surface area contributed by atoms with Crippen LogP contribution in [0.25, 0.3) is 10.8 Å². The highest BCUT2D eigenvalue weighted by atomic mass is 35.5. The summed E-state index contributed by atoms with van der Waals surface area (Å²) in [6, 6.07) is 25.9. The molecule has 0 saturated carbocycles. The van der Waals surface area contributed by atoms with Gasteiger partial charge in [-0.2, -0.15) is 0 Å². The number of amides is 2. The van der Waals surface area contributed by atoms with E-state index in [0.717, 1.165) is 52.0 Å². The number of carbonyl (C=O) groups is 2. The second kappa shape index (κ2) is 13.4. The number of likely N-dealkylation sites (tertiary alicyclic amines) is 1. The van der Waals surface area contributed by atoms with E-state index in [1.54, 1.807) is 6.92 Å². The summed E-state index contributed by atoms with van der Waals surface area (Å²) in [5, 5.41) is 5.92. The van der Waals surface area contributed by atoms with Crippen LogP contribution in [0.4, 0.5) is 0 Å². The summed E-state index contributed by atoms with van der Waals surface area (Å²) in [4.78, 5) is 31.2. The van der Waals surface area contributed by atoms with Crippen LogP contribution >= 0.6 is 12.4 Å². The number of piperazine rings is 1. The number of halogens is 1. The number of piperidine rings is 1. The molecule has 6 nitrogen and oxygen atoms in total. The molecule has 0 radical (unpaired) electrons. The molecule has 0 unspecified atom stereocenters. The molecule has 1 N–H and O–H groups in total. The summed E-state index contributed by atoms with van der Waals surface area (Å²) < 4.78 is 0. The Balaban J connectivity index is 0.00000353. The highest BCUT2D eigenvalue weighted by molar-refractivity contribution is 5.86. The summed E-state index contributed by atoms with van der Waals surface area (Å²) in [5.41, 5.74) is 2.75. The van der Waals surface area contributed by atoms with Gasteiger partial charge >= 0.3 is 0 Å². The van der Waals surface area contributed by atoms with E-state index < -0.39 is 0 Å². The third-order valence-electron chi connectivity index (χ3n) is 8.46. The lowest BCUT2D eigenvalue weighted by Gasteiger charge is -2.42. The van der Waals surface area contributed by atoms with Crippen molar-refractivity contribution in [1.29, 1.82) is 0 Å². The van der Waals surface area contributed by atoms with Crippen LogP contribution in [0.3, 0.4) is 0 Å². The Morgan fingerprint density at radius 1 is 0.795 bits per heavy atom. The molecule has 5 rings (SSSR count). The SMILES string of the molecule is CC(=O)N1CCN(CC(=O)NCC2(Cc3cccc4ccccc34)CCN(Cc3ccccc3)CC2)CC1.Cl. The fraction of sp³-hybridized carbons (Fsp3) is 0.438. The Labute approximate surface area is 238 Å². The van der Waals surface area contributed by atoms with E-state index in [2.05, 4.69) is 87.9 Å². The molecule has 2 fully saturated rings. The minimum absolute atomic E-state index is 0. The maximum Gasteiger partial charge on any atom is 0.234 e. The monoisotopic (exact) mass is 548 g/mol. The van der Waals surface area contributed by atoms with Crippen molar-refractivity contribution in [2.24, 2.45) is 5.41 Å². The van der Waals surface area contributed by atoms with Crippen LogP contribution in [-0.4, -0.2) is 78.9 Å². The summed E-state index contributed by atoms with van der Waals surface area (Å²) in [5.74, 6) is 0.202. The molecule has 2 aliphatic heterocycles. The third kappa shape index (κ3) is 7.59. The molecule has 7 heteroatoms. The van der Waals surface area contributed by atoms with E-state index in [9.17, 15) is 9.59 Å². The zero-order valence-electron chi connectivity index (χ0n) is 23.0. The summed E-state index contributed by atoms with van der Waals surface area (Å²) in [7, 11) is 0. The minimum Gasteiger partial charge on any atom is -0.354 e. The van der Waals surface area contributed by atoms with Gasteiger partial charge in [-0.3, -0.25) is 19.4 Å². The van der Waals surface area contributed by atoms with Crippen LogP contribution in [0.1, 0.15) is 30.9 Å². The van der Waals surface area contributed by atoms with E-state index in [4.69, 9.17) is 0 Å². The lowest BCUT2D eigenvalue weighted by atomic mass is 9.73. The molecule has 0 bridgehead atoms. The Morgan fingerprint density at radius 2 is 1.46 bits per heavy atom. The van der Waals surface area contributed by atoms with E-state index in [1.165, 1.54) is 21.9 Å². The average molecular weight is 549 g/mol. The summed E-state index contributed by atoms with van der Waals surface area (Å²) in [6.07, 6.45) is 3.08. The number of rotatable bonds is 8. The number of hydrogen-bond acceptors (Lipinski definition) is 4. The average Bonchev–Trinajstić information content (AvgIpc) is 2.94.